The van der Waals surface area contributed by atoms with Crippen LogP contribution in [0.1, 0.15) is 49.9 Å². The Morgan fingerprint density at radius 2 is 2.19 bits per heavy atom. The fraction of sp³-hybridized carbons (Fsp3) is 0.579. The Bertz CT molecular complexity index is 722. The molecule has 2 aromatic rings. The number of nitrogens with zero attached hydrogens (tertiary/aromatic N) is 4. The SMILES string of the molecule is CCCCc1nc(CN2CCC(C(=O)Nc3cc(C)ccn3)CC2)no1. The van der Waals surface area contributed by atoms with Crippen LogP contribution in [0.15, 0.2) is 22.9 Å². The molecule has 7 nitrogen and oxygen atoms in total. The topological polar surface area (TPSA) is 84.2 Å². The average Bonchev–Trinajstić information content (AvgIpc) is 3.08. The maximum Gasteiger partial charge on any atom is 0.228 e. The Hall–Kier alpha value is -2.28. The first-order valence-corrected chi connectivity index (χ1v) is 9.41. The number of aryl methyl sites for hydroxylation is 2. The van der Waals surface area contributed by atoms with Crippen LogP contribution in [-0.4, -0.2) is 39.0 Å². The zero-order valence-corrected chi connectivity index (χ0v) is 15.6. The van der Waals surface area contributed by atoms with Crippen molar-refractivity contribution in [3.63, 3.8) is 0 Å². The number of aromatic nitrogens is 3. The smallest absolute Gasteiger partial charge is 0.228 e. The van der Waals surface area contributed by atoms with Gasteiger partial charge >= 0.3 is 0 Å². The number of anilines is 1. The number of likely N-dealkylation sites (tertiary alicyclic amines) is 1. The van der Waals surface area contributed by atoms with E-state index in [-0.39, 0.29) is 11.8 Å². The Balaban J connectivity index is 1.45. The molecule has 0 aromatic carbocycles. The van der Waals surface area contributed by atoms with E-state index in [4.69, 9.17) is 4.52 Å². The molecule has 0 saturated carbocycles. The van der Waals surface area contributed by atoms with Crippen molar-refractivity contribution in [3.05, 3.63) is 35.6 Å². The minimum absolute atomic E-state index is 0.0268. The molecular formula is C19H27N5O2. The van der Waals surface area contributed by atoms with Gasteiger partial charge in [-0.2, -0.15) is 4.98 Å². The van der Waals surface area contributed by atoms with Gasteiger partial charge < -0.3 is 9.84 Å². The van der Waals surface area contributed by atoms with Gasteiger partial charge in [0.2, 0.25) is 11.8 Å². The Kier molecular flexibility index (Phi) is 6.33. The lowest BCUT2D eigenvalue weighted by Crippen LogP contribution is -2.38. The van der Waals surface area contributed by atoms with E-state index in [1.54, 1.807) is 6.20 Å². The summed E-state index contributed by atoms with van der Waals surface area (Å²) in [6, 6.07) is 3.80. The van der Waals surface area contributed by atoms with Gasteiger partial charge in [0.25, 0.3) is 0 Å². The highest BCUT2D eigenvalue weighted by Gasteiger charge is 2.26. The van der Waals surface area contributed by atoms with Crippen molar-refractivity contribution in [1.82, 2.24) is 20.0 Å². The predicted octanol–water partition coefficient (Wildman–Crippen LogP) is 2.97. The number of pyridine rings is 1. The molecule has 0 bridgehead atoms. The zero-order chi connectivity index (χ0) is 18.4. The summed E-state index contributed by atoms with van der Waals surface area (Å²) in [4.78, 5) is 23.4. The highest BCUT2D eigenvalue weighted by Crippen LogP contribution is 2.20. The van der Waals surface area contributed by atoms with Gasteiger partial charge in [0.1, 0.15) is 5.82 Å². The molecule has 1 saturated heterocycles. The second kappa shape index (κ2) is 8.89. The molecule has 3 rings (SSSR count). The third-order valence-electron chi connectivity index (χ3n) is 4.74. The highest BCUT2D eigenvalue weighted by atomic mass is 16.5. The molecule has 1 aliphatic rings. The van der Waals surface area contributed by atoms with Crippen molar-refractivity contribution in [2.45, 2.75) is 52.5 Å². The van der Waals surface area contributed by atoms with Crippen LogP contribution in [0, 0.1) is 12.8 Å². The van der Waals surface area contributed by atoms with Crippen molar-refractivity contribution < 1.29 is 9.32 Å². The minimum atomic E-state index is 0.0268. The maximum atomic E-state index is 12.4. The van der Waals surface area contributed by atoms with E-state index in [1.807, 2.05) is 19.1 Å². The van der Waals surface area contributed by atoms with Crippen LogP contribution in [-0.2, 0) is 17.8 Å². The van der Waals surface area contributed by atoms with Crippen LogP contribution >= 0.6 is 0 Å². The number of hydrogen-bond donors (Lipinski definition) is 1. The summed E-state index contributed by atoms with van der Waals surface area (Å²) in [7, 11) is 0. The summed E-state index contributed by atoms with van der Waals surface area (Å²) in [5.74, 6) is 2.18. The lowest BCUT2D eigenvalue weighted by Gasteiger charge is -2.30. The van der Waals surface area contributed by atoms with Gasteiger partial charge in [-0.05, 0) is 57.0 Å². The second-order valence-electron chi connectivity index (χ2n) is 6.97. The van der Waals surface area contributed by atoms with Gasteiger partial charge in [-0.3, -0.25) is 9.69 Å². The van der Waals surface area contributed by atoms with E-state index in [1.165, 1.54) is 0 Å². The summed E-state index contributed by atoms with van der Waals surface area (Å²) < 4.78 is 5.28. The van der Waals surface area contributed by atoms with Gasteiger partial charge in [0, 0.05) is 18.5 Å². The minimum Gasteiger partial charge on any atom is -0.339 e. The van der Waals surface area contributed by atoms with Crippen molar-refractivity contribution in [3.8, 4) is 0 Å². The molecule has 0 aliphatic carbocycles. The molecule has 26 heavy (non-hydrogen) atoms. The van der Waals surface area contributed by atoms with Crippen LogP contribution in [0.4, 0.5) is 5.82 Å². The molecule has 2 aromatic heterocycles. The summed E-state index contributed by atoms with van der Waals surface area (Å²) in [6.45, 7) is 6.54. The molecule has 0 radical (unpaired) electrons. The largest absolute Gasteiger partial charge is 0.339 e. The van der Waals surface area contributed by atoms with Crippen molar-refractivity contribution in [2.24, 2.45) is 5.92 Å². The molecule has 0 spiro atoms. The normalized spacial score (nSPS) is 15.9. The van der Waals surface area contributed by atoms with E-state index in [0.717, 1.165) is 62.5 Å². The van der Waals surface area contributed by atoms with E-state index in [9.17, 15) is 4.79 Å². The number of piperidine rings is 1. The summed E-state index contributed by atoms with van der Waals surface area (Å²) in [6.07, 6.45) is 6.41. The average molecular weight is 357 g/mol. The van der Waals surface area contributed by atoms with Crippen LogP contribution in [0.5, 0.6) is 0 Å². The summed E-state index contributed by atoms with van der Waals surface area (Å²) in [5.41, 5.74) is 1.09. The molecule has 0 atom stereocenters. The van der Waals surface area contributed by atoms with E-state index in [2.05, 4.69) is 32.3 Å². The molecular weight excluding hydrogens is 330 g/mol. The summed E-state index contributed by atoms with van der Waals surface area (Å²) in [5, 5.41) is 7.00. The molecule has 1 N–H and O–H groups in total. The highest BCUT2D eigenvalue weighted by molar-refractivity contribution is 5.91. The van der Waals surface area contributed by atoms with E-state index >= 15 is 0 Å². The van der Waals surface area contributed by atoms with Crippen molar-refractivity contribution in [1.29, 1.82) is 0 Å². The molecule has 7 heteroatoms. The van der Waals surface area contributed by atoms with Gasteiger partial charge in [0.15, 0.2) is 5.82 Å². The molecule has 1 fully saturated rings. The molecule has 3 heterocycles. The number of carbonyl (C=O) groups excluding carboxylic acids is 1. The lowest BCUT2D eigenvalue weighted by atomic mass is 9.96. The Labute approximate surface area is 154 Å². The monoisotopic (exact) mass is 357 g/mol. The maximum absolute atomic E-state index is 12.4. The van der Waals surface area contributed by atoms with Crippen molar-refractivity contribution in [2.75, 3.05) is 18.4 Å². The molecule has 140 valence electrons. The number of rotatable bonds is 7. The number of amides is 1. The summed E-state index contributed by atoms with van der Waals surface area (Å²) >= 11 is 0. The first-order valence-electron chi connectivity index (χ1n) is 9.41. The van der Waals surface area contributed by atoms with Crippen LogP contribution in [0.2, 0.25) is 0 Å². The number of unbranched alkanes of at least 4 members (excludes halogenated alkanes) is 1. The fourth-order valence-electron chi connectivity index (χ4n) is 3.17. The van der Waals surface area contributed by atoms with Crippen LogP contribution in [0.3, 0.4) is 0 Å². The van der Waals surface area contributed by atoms with E-state index < -0.39 is 0 Å². The van der Waals surface area contributed by atoms with Gasteiger partial charge in [-0.25, -0.2) is 4.98 Å². The van der Waals surface area contributed by atoms with Gasteiger partial charge in [0.05, 0.1) is 6.54 Å². The van der Waals surface area contributed by atoms with Crippen LogP contribution < -0.4 is 5.32 Å². The zero-order valence-electron chi connectivity index (χ0n) is 15.6. The second-order valence-corrected chi connectivity index (χ2v) is 6.97. The fourth-order valence-corrected chi connectivity index (χ4v) is 3.17. The molecule has 0 unspecified atom stereocenters. The van der Waals surface area contributed by atoms with E-state index in [0.29, 0.717) is 12.4 Å². The van der Waals surface area contributed by atoms with Gasteiger partial charge in [-0.1, -0.05) is 18.5 Å². The van der Waals surface area contributed by atoms with Crippen molar-refractivity contribution >= 4 is 11.7 Å². The standard InChI is InChI=1S/C19H27N5O2/c1-3-4-5-18-21-17(23-26-18)13-24-10-7-15(8-11-24)19(25)22-16-12-14(2)6-9-20-16/h6,9,12,15H,3-5,7-8,10-11,13H2,1-2H3,(H,20,22,25). The first kappa shape index (κ1) is 18.5. The molecule has 1 aliphatic heterocycles. The quantitative estimate of drug-likeness (QED) is 0.820. The molecule has 1 amide bonds. The van der Waals surface area contributed by atoms with Gasteiger partial charge in [-0.15, -0.1) is 0 Å². The first-order chi connectivity index (χ1) is 12.6. The third kappa shape index (κ3) is 5.11. The number of nitrogens with one attached hydrogen (secondary N) is 1. The van der Waals surface area contributed by atoms with Crippen LogP contribution in [0.25, 0.3) is 0 Å². The Morgan fingerprint density at radius 1 is 1.38 bits per heavy atom. The lowest BCUT2D eigenvalue weighted by molar-refractivity contribution is -0.121. The number of carbonyl (C=O) groups is 1. The Morgan fingerprint density at radius 3 is 2.92 bits per heavy atom. The number of hydrogen-bond acceptors (Lipinski definition) is 6. The predicted molar refractivity (Wildman–Crippen MR) is 98.5 cm³/mol. The third-order valence-corrected chi connectivity index (χ3v) is 4.74.